The van der Waals surface area contributed by atoms with Crippen molar-refractivity contribution < 1.29 is 9.59 Å². The summed E-state index contributed by atoms with van der Waals surface area (Å²) in [6.07, 6.45) is 4.21. The number of likely N-dealkylation sites (tertiary alicyclic amines) is 1. The van der Waals surface area contributed by atoms with Gasteiger partial charge >= 0.3 is 0 Å². The van der Waals surface area contributed by atoms with E-state index in [1.165, 1.54) is 0 Å². The van der Waals surface area contributed by atoms with E-state index in [0.29, 0.717) is 13.0 Å². The lowest BCUT2D eigenvalue weighted by Gasteiger charge is -2.29. The molecule has 0 bridgehead atoms. The van der Waals surface area contributed by atoms with Crippen LogP contribution in [-0.2, 0) is 9.59 Å². The maximum atomic E-state index is 12.9. The van der Waals surface area contributed by atoms with Crippen LogP contribution in [0.15, 0.2) is 34.9 Å². The van der Waals surface area contributed by atoms with Gasteiger partial charge in [-0.2, -0.15) is 0 Å². The second kappa shape index (κ2) is 8.03. The maximum absolute atomic E-state index is 12.9. The van der Waals surface area contributed by atoms with Crippen LogP contribution in [0.4, 0.5) is 0 Å². The van der Waals surface area contributed by atoms with Crippen molar-refractivity contribution in [3.8, 4) is 11.3 Å². The first-order valence-corrected chi connectivity index (χ1v) is 9.61. The highest BCUT2D eigenvalue weighted by atomic mass is 79.9. The van der Waals surface area contributed by atoms with Gasteiger partial charge in [-0.25, -0.2) is 4.98 Å². The topological polar surface area (TPSA) is 78.1 Å². The molecule has 1 aliphatic heterocycles. The van der Waals surface area contributed by atoms with E-state index in [4.69, 9.17) is 0 Å². The Labute approximate surface area is 161 Å². The van der Waals surface area contributed by atoms with Crippen LogP contribution in [0, 0.1) is 5.92 Å². The molecule has 26 heavy (non-hydrogen) atoms. The van der Waals surface area contributed by atoms with Gasteiger partial charge in [0.05, 0.1) is 17.9 Å². The summed E-state index contributed by atoms with van der Waals surface area (Å²) in [7, 11) is 0. The molecular weight excluding hydrogens is 396 g/mol. The lowest BCUT2D eigenvalue weighted by Crippen LogP contribution is -2.48. The van der Waals surface area contributed by atoms with Crippen molar-refractivity contribution in [2.75, 3.05) is 6.54 Å². The summed E-state index contributed by atoms with van der Waals surface area (Å²) in [5, 5.41) is 2.66. The van der Waals surface area contributed by atoms with Gasteiger partial charge in [0.25, 0.3) is 0 Å². The number of aromatic nitrogens is 2. The minimum atomic E-state index is -0.506. The number of halogens is 1. The van der Waals surface area contributed by atoms with Crippen LogP contribution in [0.5, 0.6) is 0 Å². The van der Waals surface area contributed by atoms with Crippen molar-refractivity contribution in [2.45, 2.75) is 38.8 Å². The molecule has 1 aromatic carbocycles. The molecule has 0 saturated carbocycles. The number of carbonyl (C=O) groups excluding carboxylic acids is 2. The zero-order chi connectivity index (χ0) is 18.7. The van der Waals surface area contributed by atoms with Crippen molar-refractivity contribution in [2.24, 2.45) is 5.92 Å². The smallest absolute Gasteiger partial charge is 0.246 e. The van der Waals surface area contributed by atoms with Crippen molar-refractivity contribution in [3.05, 3.63) is 40.8 Å². The average molecular weight is 419 g/mol. The van der Waals surface area contributed by atoms with E-state index < -0.39 is 6.04 Å². The monoisotopic (exact) mass is 418 g/mol. The van der Waals surface area contributed by atoms with E-state index >= 15 is 0 Å². The zero-order valence-electron chi connectivity index (χ0n) is 14.9. The molecule has 2 atom stereocenters. The van der Waals surface area contributed by atoms with Crippen molar-refractivity contribution in [3.63, 3.8) is 0 Å². The SMILES string of the molecule is CC(C)C(NC=O)C(=O)N1CCCC1c1ncc(-c2ccc(Br)cc2)[nH]1. The molecule has 7 heteroatoms. The molecule has 138 valence electrons. The third-order valence-electron chi connectivity index (χ3n) is 4.78. The molecule has 1 aromatic heterocycles. The minimum Gasteiger partial charge on any atom is -0.347 e. The Bertz CT molecular complexity index is 772. The fourth-order valence-electron chi connectivity index (χ4n) is 3.40. The van der Waals surface area contributed by atoms with Gasteiger partial charge in [0, 0.05) is 11.0 Å². The molecule has 2 unspecified atom stereocenters. The second-order valence-electron chi connectivity index (χ2n) is 6.88. The Balaban J connectivity index is 1.81. The second-order valence-corrected chi connectivity index (χ2v) is 7.80. The van der Waals surface area contributed by atoms with E-state index in [1.807, 2.05) is 49.2 Å². The Morgan fingerprint density at radius 2 is 2.12 bits per heavy atom. The number of benzene rings is 1. The van der Waals surface area contributed by atoms with Gasteiger partial charge in [-0.3, -0.25) is 9.59 Å². The number of rotatable bonds is 6. The van der Waals surface area contributed by atoms with Crippen LogP contribution in [-0.4, -0.2) is 39.8 Å². The van der Waals surface area contributed by atoms with Crippen LogP contribution >= 0.6 is 15.9 Å². The first kappa shape index (κ1) is 18.6. The third kappa shape index (κ3) is 3.82. The number of hydrogen-bond donors (Lipinski definition) is 2. The molecule has 2 amide bonds. The minimum absolute atomic E-state index is 0.0314. The van der Waals surface area contributed by atoms with Crippen LogP contribution < -0.4 is 5.32 Å². The fourth-order valence-corrected chi connectivity index (χ4v) is 3.66. The van der Waals surface area contributed by atoms with E-state index in [2.05, 4.69) is 31.2 Å². The quantitative estimate of drug-likeness (QED) is 0.706. The van der Waals surface area contributed by atoms with Crippen molar-refractivity contribution in [1.82, 2.24) is 20.2 Å². The van der Waals surface area contributed by atoms with E-state index in [9.17, 15) is 9.59 Å². The standard InChI is InChI=1S/C19H23BrN4O2/c1-12(2)17(22-11-25)19(26)24-9-3-4-16(24)18-21-10-15(23-18)13-5-7-14(20)8-6-13/h5-8,10-12,16-17H,3-4,9H2,1-2H3,(H,21,23)(H,22,25). The molecule has 0 spiro atoms. The Morgan fingerprint density at radius 3 is 2.77 bits per heavy atom. The lowest BCUT2D eigenvalue weighted by molar-refractivity contribution is -0.137. The summed E-state index contributed by atoms with van der Waals surface area (Å²) < 4.78 is 1.02. The van der Waals surface area contributed by atoms with Gasteiger partial charge in [0.2, 0.25) is 12.3 Å². The zero-order valence-corrected chi connectivity index (χ0v) is 16.5. The molecule has 2 N–H and O–H groups in total. The first-order valence-electron chi connectivity index (χ1n) is 8.82. The summed E-state index contributed by atoms with van der Waals surface area (Å²) in [6, 6.07) is 7.42. The van der Waals surface area contributed by atoms with Gasteiger partial charge in [0.15, 0.2) is 0 Å². The molecule has 1 aliphatic rings. The average Bonchev–Trinajstić information content (AvgIpc) is 3.28. The normalized spacial score (nSPS) is 18.2. The molecule has 0 aliphatic carbocycles. The number of aromatic amines is 1. The van der Waals surface area contributed by atoms with Crippen LogP contribution in [0.3, 0.4) is 0 Å². The van der Waals surface area contributed by atoms with Gasteiger partial charge in [-0.1, -0.05) is 41.9 Å². The molecule has 2 heterocycles. The summed E-state index contributed by atoms with van der Waals surface area (Å²) >= 11 is 3.44. The molecule has 2 aromatic rings. The highest BCUT2D eigenvalue weighted by Crippen LogP contribution is 2.32. The van der Waals surface area contributed by atoms with Crippen LogP contribution in [0.1, 0.15) is 38.6 Å². The van der Waals surface area contributed by atoms with E-state index in [0.717, 1.165) is 34.4 Å². The number of H-pyrrole nitrogens is 1. The Kier molecular flexibility index (Phi) is 5.76. The predicted octanol–water partition coefficient (Wildman–Crippen LogP) is 3.27. The summed E-state index contributed by atoms with van der Waals surface area (Å²) in [5.41, 5.74) is 1.98. The number of imidazole rings is 1. The lowest BCUT2D eigenvalue weighted by atomic mass is 10.0. The number of amides is 2. The number of nitrogens with zero attached hydrogens (tertiary/aromatic N) is 2. The summed E-state index contributed by atoms with van der Waals surface area (Å²) in [4.78, 5) is 33.5. The third-order valence-corrected chi connectivity index (χ3v) is 5.31. The molecule has 1 fully saturated rings. The van der Waals surface area contributed by atoms with E-state index in [1.54, 1.807) is 0 Å². The molecule has 6 nitrogen and oxygen atoms in total. The molecule has 1 saturated heterocycles. The van der Waals surface area contributed by atoms with Gasteiger partial charge in [0.1, 0.15) is 11.9 Å². The van der Waals surface area contributed by atoms with E-state index in [-0.39, 0.29) is 17.9 Å². The largest absolute Gasteiger partial charge is 0.347 e. The Morgan fingerprint density at radius 1 is 1.38 bits per heavy atom. The van der Waals surface area contributed by atoms with Gasteiger partial charge in [-0.05, 0) is 36.5 Å². The highest BCUT2D eigenvalue weighted by Gasteiger charge is 2.36. The van der Waals surface area contributed by atoms with Crippen LogP contribution in [0.2, 0.25) is 0 Å². The predicted molar refractivity (Wildman–Crippen MR) is 103 cm³/mol. The fraction of sp³-hybridized carbons (Fsp3) is 0.421. The van der Waals surface area contributed by atoms with Crippen molar-refractivity contribution in [1.29, 1.82) is 0 Å². The number of carbonyl (C=O) groups is 2. The summed E-state index contributed by atoms with van der Waals surface area (Å²) in [6.45, 7) is 4.55. The number of nitrogens with one attached hydrogen (secondary N) is 2. The molecule has 0 radical (unpaired) electrons. The van der Waals surface area contributed by atoms with Gasteiger partial charge < -0.3 is 15.2 Å². The van der Waals surface area contributed by atoms with Gasteiger partial charge in [-0.15, -0.1) is 0 Å². The molecule has 3 rings (SSSR count). The number of hydrogen-bond acceptors (Lipinski definition) is 3. The van der Waals surface area contributed by atoms with Crippen molar-refractivity contribution >= 4 is 28.2 Å². The van der Waals surface area contributed by atoms with Crippen LogP contribution in [0.25, 0.3) is 11.3 Å². The maximum Gasteiger partial charge on any atom is 0.246 e. The Hall–Kier alpha value is -2.15. The summed E-state index contributed by atoms with van der Waals surface area (Å²) in [5.74, 6) is 0.780. The highest BCUT2D eigenvalue weighted by molar-refractivity contribution is 9.10. The molecular formula is C19H23BrN4O2. The first-order chi connectivity index (χ1) is 12.5.